The zero-order valence-electron chi connectivity index (χ0n) is 29.5. The van der Waals surface area contributed by atoms with Gasteiger partial charge in [-0.2, -0.15) is 0 Å². The fraction of sp³-hybridized carbons (Fsp3) is 0. The molecule has 9 aromatic carbocycles. The SMILES string of the molecule is c1ccc(-c2cc(-c3ccccc3)cc(-n3ccc4c3ccc3c5ccccc5n(-c5c6ccccc6c(-c6ccccc6)c6ccccc56)c34)c2)cc1. The summed E-state index contributed by atoms with van der Waals surface area (Å²) < 4.78 is 4.91. The Balaban J connectivity index is 1.23. The highest BCUT2D eigenvalue weighted by Crippen LogP contribution is 2.45. The number of hydrogen-bond donors (Lipinski definition) is 0. The van der Waals surface area contributed by atoms with Crippen LogP contribution in [0, 0.1) is 0 Å². The van der Waals surface area contributed by atoms with E-state index in [2.05, 4.69) is 216 Å². The predicted octanol–water partition coefficient (Wildman–Crippen LogP) is 14.0. The lowest BCUT2D eigenvalue weighted by molar-refractivity contribution is 1.13. The molecule has 0 radical (unpaired) electrons. The molecule has 2 heterocycles. The number of benzene rings is 9. The van der Waals surface area contributed by atoms with E-state index in [1.165, 1.54) is 93.3 Å². The Kier molecular flexibility index (Phi) is 6.90. The first-order valence-electron chi connectivity index (χ1n) is 18.6. The van der Waals surface area contributed by atoms with Gasteiger partial charge in [-0.15, -0.1) is 0 Å². The van der Waals surface area contributed by atoms with Gasteiger partial charge < -0.3 is 9.13 Å². The Morgan fingerprint density at radius 1 is 0.296 bits per heavy atom. The maximum absolute atomic E-state index is 2.55. The summed E-state index contributed by atoms with van der Waals surface area (Å²) in [5.41, 5.74) is 13.2. The molecule has 11 rings (SSSR count). The van der Waals surface area contributed by atoms with Crippen LogP contribution in [0.4, 0.5) is 0 Å². The molecule has 2 heteroatoms. The third-order valence-electron chi connectivity index (χ3n) is 11.1. The average Bonchev–Trinajstić information content (AvgIpc) is 3.83. The molecule has 11 aromatic rings. The van der Waals surface area contributed by atoms with Gasteiger partial charge in [-0.3, -0.25) is 0 Å². The minimum absolute atomic E-state index is 1.13. The number of hydrogen-bond acceptors (Lipinski definition) is 0. The molecule has 0 amide bonds. The first-order valence-corrected chi connectivity index (χ1v) is 18.6. The summed E-state index contributed by atoms with van der Waals surface area (Å²) in [5, 5.41) is 8.68. The highest BCUT2D eigenvalue weighted by molar-refractivity contribution is 6.23. The maximum atomic E-state index is 2.55. The van der Waals surface area contributed by atoms with E-state index in [0.717, 1.165) is 5.69 Å². The maximum Gasteiger partial charge on any atom is 0.0635 e. The summed E-state index contributed by atoms with van der Waals surface area (Å²) in [6.07, 6.45) is 2.25. The third kappa shape index (κ3) is 4.67. The summed E-state index contributed by atoms with van der Waals surface area (Å²) >= 11 is 0. The van der Waals surface area contributed by atoms with Gasteiger partial charge in [0.2, 0.25) is 0 Å². The molecule has 0 N–H and O–H groups in total. The van der Waals surface area contributed by atoms with Crippen LogP contribution in [0.15, 0.2) is 206 Å². The van der Waals surface area contributed by atoms with E-state index in [1.807, 2.05) is 0 Å². The van der Waals surface area contributed by atoms with Crippen molar-refractivity contribution < 1.29 is 0 Å². The zero-order chi connectivity index (χ0) is 35.6. The largest absolute Gasteiger partial charge is 0.316 e. The molecule has 54 heavy (non-hydrogen) atoms. The van der Waals surface area contributed by atoms with Crippen molar-refractivity contribution in [3.05, 3.63) is 206 Å². The molecule has 2 nitrogen and oxygen atoms in total. The molecule has 0 aliphatic carbocycles. The highest BCUT2D eigenvalue weighted by atomic mass is 15.0. The van der Waals surface area contributed by atoms with Gasteiger partial charge in [-0.05, 0) is 80.6 Å². The van der Waals surface area contributed by atoms with Crippen molar-refractivity contribution in [3.63, 3.8) is 0 Å². The van der Waals surface area contributed by atoms with E-state index in [1.54, 1.807) is 0 Å². The average molecular weight is 687 g/mol. The van der Waals surface area contributed by atoms with Crippen molar-refractivity contribution in [1.82, 2.24) is 9.13 Å². The van der Waals surface area contributed by atoms with Gasteiger partial charge in [-0.25, -0.2) is 0 Å². The van der Waals surface area contributed by atoms with Crippen LogP contribution in [0.1, 0.15) is 0 Å². The highest BCUT2D eigenvalue weighted by Gasteiger charge is 2.22. The van der Waals surface area contributed by atoms with Gasteiger partial charge in [-0.1, -0.05) is 164 Å². The molecule has 2 aromatic heterocycles. The number of fused-ring (bicyclic) bond motifs is 7. The van der Waals surface area contributed by atoms with Crippen molar-refractivity contribution in [2.45, 2.75) is 0 Å². The normalized spacial score (nSPS) is 11.7. The number of aromatic nitrogens is 2. The van der Waals surface area contributed by atoms with Gasteiger partial charge in [0.15, 0.2) is 0 Å². The van der Waals surface area contributed by atoms with Gasteiger partial charge in [0.05, 0.1) is 22.2 Å². The minimum atomic E-state index is 1.13. The van der Waals surface area contributed by atoms with Crippen molar-refractivity contribution in [1.29, 1.82) is 0 Å². The molecule has 0 fully saturated rings. The van der Waals surface area contributed by atoms with Crippen LogP contribution in [0.2, 0.25) is 0 Å². The fourth-order valence-electron chi connectivity index (χ4n) is 8.74. The van der Waals surface area contributed by atoms with E-state index < -0.39 is 0 Å². The monoisotopic (exact) mass is 686 g/mol. The molecule has 0 aliphatic rings. The molecule has 0 spiro atoms. The Labute approximate surface area is 313 Å². The molecule has 0 aliphatic heterocycles. The van der Waals surface area contributed by atoms with Crippen LogP contribution >= 0.6 is 0 Å². The standard InChI is InChI=1S/C52H34N2/c1-4-16-35(17-5-1)38-32-39(36-18-6-2-7-19-36)34-40(33-38)53-31-30-47-48(53)29-28-46-41-22-14-15-27-49(41)54(52(46)47)51-44-25-12-10-23-42(44)50(37-20-8-3-9-21-37)43-24-11-13-26-45(43)51/h1-34H. The Morgan fingerprint density at radius 2 is 0.796 bits per heavy atom. The van der Waals surface area contributed by atoms with E-state index in [0.29, 0.717) is 0 Å². The topological polar surface area (TPSA) is 9.86 Å². The Morgan fingerprint density at radius 3 is 1.39 bits per heavy atom. The van der Waals surface area contributed by atoms with Crippen molar-refractivity contribution in [2.75, 3.05) is 0 Å². The Hall–Kier alpha value is -7.16. The number of rotatable bonds is 5. The van der Waals surface area contributed by atoms with E-state index in [9.17, 15) is 0 Å². The van der Waals surface area contributed by atoms with E-state index >= 15 is 0 Å². The number of nitrogens with zero attached hydrogens (tertiary/aromatic N) is 2. The first-order chi connectivity index (χ1) is 26.8. The fourth-order valence-corrected chi connectivity index (χ4v) is 8.74. The summed E-state index contributed by atoms with van der Waals surface area (Å²) in [7, 11) is 0. The third-order valence-corrected chi connectivity index (χ3v) is 11.1. The smallest absolute Gasteiger partial charge is 0.0635 e. The second-order valence-electron chi connectivity index (χ2n) is 14.1. The van der Waals surface area contributed by atoms with Crippen LogP contribution in [-0.2, 0) is 0 Å². The second-order valence-corrected chi connectivity index (χ2v) is 14.1. The van der Waals surface area contributed by atoms with Gasteiger partial charge >= 0.3 is 0 Å². The molecule has 0 saturated heterocycles. The van der Waals surface area contributed by atoms with Crippen LogP contribution in [-0.4, -0.2) is 9.13 Å². The molecule has 0 atom stereocenters. The lowest BCUT2D eigenvalue weighted by atomic mass is 9.90. The predicted molar refractivity (Wildman–Crippen MR) is 229 cm³/mol. The minimum Gasteiger partial charge on any atom is -0.316 e. The lowest BCUT2D eigenvalue weighted by Crippen LogP contribution is -1.99. The number of para-hydroxylation sites is 1. The quantitative estimate of drug-likeness (QED) is 0.160. The summed E-state index contributed by atoms with van der Waals surface area (Å²) in [4.78, 5) is 0. The van der Waals surface area contributed by atoms with Gasteiger partial charge in [0, 0.05) is 38.8 Å². The van der Waals surface area contributed by atoms with E-state index in [4.69, 9.17) is 0 Å². The van der Waals surface area contributed by atoms with Crippen LogP contribution in [0.5, 0.6) is 0 Å². The van der Waals surface area contributed by atoms with Crippen LogP contribution in [0.3, 0.4) is 0 Å². The molecule has 0 saturated carbocycles. The van der Waals surface area contributed by atoms with Crippen LogP contribution < -0.4 is 0 Å². The summed E-state index contributed by atoms with van der Waals surface area (Å²) in [6.45, 7) is 0. The molecule has 0 unspecified atom stereocenters. The zero-order valence-corrected chi connectivity index (χ0v) is 29.5. The second kappa shape index (κ2) is 12.2. The summed E-state index contributed by atoms with van der Waals surface area (Å²) in [5.74, 6) is 0. The van der Waals surface area contributed by atoms with Crippen molar-refractivity contribution >= 4 is 54.3 Å². The first kappa shape index (κ1) is 30.5. The Bertz CT molecular complexity index is 3070. The molecular weight excluding hydrogens is 653 g/mol. The molecular formula is C52H34N2. The molecule has 0 bridgehead atoms. The van der Waals surface area contributed by atoms with Gasteiger partial charge in [0.25, 0.3) is 0 Å². The van der Waals surface area contributed by atoms with Gasteiger partial charge in [0.1, 0.15) is 0 Å². The van der Waals surface area contributed by atoms with E-state index in [-0.39, 0.29) is 0 Å². The van der Waals surface area contributed by atoms with Crippen molar-refractivity contribution in [3.8, 4) is 44.8 Å². The summed E-state index contributed by atoms with van der Waals surface area (Å²) in [6, 6.07) is 72.9. The van der Waals surface area contributed by atoms with Crippen molar-refractivity contribution in [2.24, 2.45) is 0 Å². The van der Waals surface area contributed by atoms with Crippen LogP contribution in [0.25, 0.3) is 99.0 Å². The molecule has 252 valence electrons. The lowest BCUT2D eigenvalue weighted by Gasteiger charge is -2.19.